The lowest BCUT2D eigenvalue weighted by Gasteiger charge is -2.28. The van der Waals surface area contributed by atoms with Gasteiger partial charge in [0, 0.05) is 65.6 Å². The molecule has 1 aromatic carbocycles. The molecule has 1 N–H and O–H groups in total. The Bertz CT molecular complexity index is 838. The van der Waals surface area contributed by atoms with Gasteiger partial charge in [-0.25, -0.2) is 0 Å². The Kier molecular flexibility index (Phi) is 7.87. The molecule has 2 heterocycles. The number of ether oxygens (including phenoxy) is 1. The van der Waals surface area contributed by atoms with Crippen LogP contribution in [0.4, 0.5) is 0 Å². The summed E-state index contributed by atoms with van der Waals surface area (Å²) in [6.45, 7) is 10.5. The van der Waals surface area contributed by atoms with Crippen LogP contribution in [0.1, 0.15) is 42.1 Å². The summed E-state index contributed by atoms with van der Waals surface area (Å²) in [5, 5.41) is 8.17. The molecule has 0 radical (unpaired) electrons. The van der Waals surface area contributed by atoms with Gasteiger partial charge in [0.2, 0.25) is 0 Å². The van der Waals surface area contributed by atoms with Crippen molar-refractivity contribution in [2.24, 2.45) is 12.0 Å². The van der Waals surface area contributed by atoms with Gasteiger partial charge in [0.05, 0.1) is 18.9 Å². The molecular weight excluding hydrogens is 376 g/mol. The number of nitrogens with zero attached hydrogens (tertiary/aromatic N) is 5. The smallest absolute Gasteiger partial charge is 0.193 e. The number of hydrogen-bond donors (Lipinski definition) is 1. The molecule has 1 fully saturated rings. The number of aromatic nitrogens is 2. The quantitative estimate of drug-likeness (QED) is 0.560. The number of aliphatic imine (C=N–C) groups is 1. The monoisotopic (exact) mass is 412 g/mol. The van der Waals surface area contributed by atoms with Gasteiger partial charge >= 0.3 is 0 Å². The van der Waals surface area contributed by atoms with Crippen molar-refractivity contribution in [3.8, 4) is 0 Å². The third kappa shape index (κ3) is 5.83. The summed E-state index contributed by atoms with van der Waals surface area (Å²) in [7, 11) is 5.89. The van der Waals surface area contributed by atoms with E-state index < -0.39 is 0 Å². The minimum absolute atomic E-state index is 0.400. The largest absolute Gasteiger partial charge is 0.379 e. The van der Waals surface area contributed by atoms with Crippen molar-refractivity contribution in [2.75, 3.05) is 40.4 Å². The molecule has 1 aromatic heterocycles. The van der Waals surface area contributed by atoms with Gasteiger partial charge in [-0.05, 0) is 17.0 Å². The van der Waals surface area contributed by atoms with Crippen LogP contribution in [-0.2, 0) is 31.4 Å². The number of guanidine groups is 1. The Morgan fingerprint density at radius 1 is 1.20 bits per heavy atom. The Balaban J connectivity index is 1.63. The van der Waals surface area contributed by atoms with Crippen molar-refractivity contribution in [1.29, 1.82) is 0 Å². The van der Waals surface area contributed by atoms with E-state index in [0.29, 0.717) is 5.92 Å². The topological polar surface area (TPSA) is 57.9 Å². The standard InChI is InChI=1S/C23H36N6O/c1-18(2)22-21(16-28(5)26-22)15-27(4)23(24-3)25-14-19-8-6-7-9-20(19)17-29-10-12-30-13-11-29/h6-9,16,18H,10-15,17H2,1-5H3,(H,24,25). The van der Waals surface area contributed by atoms with Crippen LogP contribution in [0.25, 0.3) is 0 Å². The first kappa shape index (κ1) is 22.3. The van der Waals surface area contributed by atoms with E-state index in [2.05, 4.69) is 76.6 Å². The average molecular weight is 413 g/mol. The fourth-order valence-corrected chi connectivity index (χ4v) is 3.94. The lowest BCUT2D eigenvalue weighted by molar-refractivity contribution is 0.0341. The Hall–Kier alpha value is -2.38. The second-order valence-electron chi connectivity index (χ2n) is 8.28. The summed E-state index contributed by atoms with van der Waals surface area (Å²) < 4.78 is 7.38. The van der Waals surface area contributed by atoms with Crippen LogP contribution in [-0.4, -0.2) is 65.9 Å². The zero-order valence-electron chi connectivity index (χ0n) is 19.1. The number of benzene rings is 1. The molecule has 0 spiro atoms. The van der Waals surface area contributed by atoms with Gasteiger partial charge < -0.3 is 15.0 Å². The van der Waals surface area contributed by atoms with Crippen LogP contribution in [0.3, 0.4) is 0 Å². The molecule has 0 amide bonds. The maximum absolute atomic E-state index is 5.48. The summed E-state index contributed by atoms with van der Waals surface area (Å²) in [5.74, 6) is 1.28. The Morgan fingerprint density at radius 2 is 1.90 bits per heavy atom. The van der Waals surface area contributed by atoms with Crippen molar-refractivity contribution in [3.63, 3.8) is 0 Å². The normalized spacial score (nSPS) is 15.6. The highest BCUT2D eigenvalue weighted by molar-refractivity contribution is 5.79. The van der Waals surface area contributed by atoms with Crippen molar-refractivity contribution < 1.29 is 4.74 Å². The molecule has 3 rings (SSSR count). The fourth-order valence-electron chi connectivity index (χ4n) is 3.94. The molecule has 1 aliphatic rings. The van der Waals surface area contributed by atoms with Crippen LogP contribution in [0.5, 0.6) is 0 Å². The van der Waals surface area contributed by atoms with E-state index >= 15 is 0 Å². The molecule has 7 nitrogen and oxygen atoms in total. The first-order chi connectivity index (χ1) is 14.5. The molecule has 0 atom stereocenters. The molecule has 0 unspecified atom stereocenters. The molecule has 0 saturated carbocycles. The molecular formula is C23H36N6O. The number of aryl methyl sites for hydroxylation is 1. The number of hydrogen-bond acceptors (Lipinski definition) is 4. The molecule has 7 heteroatoms. The van der Waals surface area contributed by atoms with Crippen LogP contribution in [0.15, 0.2) is 35.5 Å². The first-order valence-corrected chi connectivity index (χ1v) is 10.8. The highest BCUT2D eigenvalue weighted by atomic mass is 16.5. The molecule has 0 aliphatic carbocycles. The number of morpholine rings is 1. The van der Waals surface area contributed by atoms with Gasteiger partial charge in [0.1, 0.15) is 0 Å². The van der Waals surface area contributed by atoms with Crippen molar-refractivity contribution in [1.82, 2.24) is 24.9 Å². The number of nitrogens with one attached hydrogen (secondary N) is 1. The fraction of sp³-hybridized carbons (Fsp3) is 0.565. The van der Waals surface area contributed by atoms with Crippen LogP contribution >= 0.6 is 0 Å². The summed E-state index contributed by atoms with van der Waals surface area (Å²) in [5.41, 5.74) is 5.06. The number of rotatable bonds is 7. The molecule has 2 aromatic rings. The zero-order valence-corrected chi connectivity index (χ0v) is 19.1. The highest BCUT2D eigenvalue weighted by Gasteiger charge is 2.16. The summed E-state index contributed by atoms with van der Waals surface area (Å²) in [6, 6.07) is 8.66. The molecule has 1 aliphatic heterocycles. The van der Waals surface area contributed by atoms with Crippen molar-refractivity contribution >= 4 is 5.96 Å². The molecule has 30 heavy (non-hydrogen) atoms. The third-order valence-corrected chi connectivity index (χ3v) is 5.52. The van der Waals surface area contributed by atoms with E-state index in [1.54, 1.807) is 0 Å². The van der Waals surface area contributed by atoms with E-state index in [-0.39, 0.29) is 0 Å². The third-order valence-electron chi connectivity index (χ3n) is 5.52. The van der Waals surface area contributed by atoms with Gasteiger partial charge in [-0.3, -0.25) is 14.6 Å². The maximum Gasteiger partial charge on any atom is 0.193 e. The summed E-state index contributed by atoms with van der Waals surface area (Å²) in [6.07, 6.45) is 2.11. The van der Waals surface area contributed by atoms with E-state index in [1.165, 1.54) is 16.7 Å². The summed E-state index contributed by atoms with van der Waals surface area (Å²) in [4.78, 5) is 9.12. The lowest BCUT2D eigenvalue weighted by Crippen LogP contribution is -2.39. The minimum atomic E-state index is 0.400. The van der Waals surface area contributed by atoms with Gasteiger partial charge in [-0.2, -0.15) is 5.10 Å². The van der Waals surface area contributed by atoms with Gasteiger partial charge in [-0.15, -0.1) is 0 Å². The lowest BCUT2D eigenvalue weighted by atomic mass is 10.1. The Labute approximate surface area is 180 Å². The van der Waals surface area contributed by atoms with E-state index in [9.17, 15) is 0 Å². The predicted octanol–water partition coefficient (Wildman–Crippen LogP) is 2.58. The maximum atomic E-state index is 5.48. The van der Waals surface area contributed by atoms with Gasteiger partial charge in [-0.1, -0.05) is 38.1 Å². The second kappa shape index (κ2) is 10.6. The van der Waals surface area contributed by atoms with Crippen LogP contribution in [0.2, 0.25) is 0 Å². The highest BCUT2D eigenvalue weighted by Crippen LogP contribution is 2.19. The first-order valence-electron chi connectivity index (χ1n) is 10.8. The average Bonchev–Trinajstić information content (AvgIpc) is 3.10. The second-order valence-corrected chi connectivity index (χ2v) is 8.28. The van der Waals surface area contributed by atoms with Gasteiger partial charge in [0.15, 0.2) is 5.96 Å². The Morgan fingerprint density at radius 3 is 2.57 bits per heavy atom. The summed E-state index contributed by atoms with van der Waals surface area (Å²) >= 11 is 0. The van der Waals surface area contributed by atoms with Crippen LogP contribution < -0.4 is 5.32 Å². The molecule has 0 bridgehead atoms. The van der Waals surface area contributed by atoms with E-state index in [0.717, 1.165) is 57.6 Å². The van der Waals surface area contributed by atoms with Gasteiger partial charge in [0.25, 0.3) is 0 Å². The SMILES string of the molecule is CN=C(NCc1ccccc1CN1CCOCC1)N(C)Cc1cn(C)nc1C(C)C. The predicted molar refractivity (Wildman–Crippen MR) is 122 cm³/mol. The van der Waals surface area contributed by atoms with Crippen LogP contribution in [0, 0.1) is 0 Å². The van der Waals surface area contributed by atoms with Crippen molar-refractivity contribution in [2.45, 2.75) is 39.4 Å². The van der Waals surface area contributed by atoms with E-state index in [4.69, 9.17) is 4.74 Å². The molecule has 1 saturated heterocycles. The minimum Gasteiger partial charge on any atom is -0.379 e. The zero-order chi connectivity index (χ0) is 21.5. The van der Waals surface area contributed by atoms with E-state index in [1.807, 2.05) is 18.8 Å². The van der Waals surface area contributed by atoms with Crippen molar-refractivity contribution in [3.05, 3.63) is 52.8 Å². The molecule has 164 valence electrons.